The molecule has 0 heterocycles. The molecule has 0 aliphatic carbocycles. The Bertz CT molecular complexity index is 1040. The lowest BCUT2D eigenvalue weighted by Crippen LogP contribution is -1.97. The standard InChI is InChI=1S/C27H27F3O/c1-3-5-6-7-21-14-15-22(27(30)26(21)29)13-10-19-8-11-20(12-9-19)23-16-17-25(31-4-2)24(28)18-23/h8-18H,3-7H2,1-2H3/b13-10+. The van der Waals surface area contributed by atoms with Crippen LogP contribution in [0, 0.1) is 17.5 Å². The van der Waals surface area contributed by atoms with Crippen molar-refractivity contribution in [2.45, 2.75) is 39.5 Å². The highest BCUT2D eigenvalue weighted by atomic mass is 19.2. The largest absolute Gasteiger partial charge is 0.491 e. The van der Waals surface area contributed by atoms with Gasteiger partial charge in [-0.2, -0.15) is 0 Å². The monoisotopic (exact) mass is 424 g/mol. The smallest absolute Gasteiger partial charge is 0.166 e. The topological polar surface area (TPSA) is 9.23 Å². The predicted molar refractivity (Wildman–Crippen MR) is 122 cm³/mol. The molecule has 0 saturated carbocycles. The highest BCUT2D eigenvalue weighted by molar-refractivity contribution is 5.72. The molecule has 3 rings (SSSR count). The quantitative estimate of drug-likeness (QED) is 0.249. The van der Waals surface area contributed by atoms with E-state index in [9.17, 15) is 13.2 Å². The normalized spacial score (nSPS) is 11.3. The van der Waals surface area contributed by atoms with Crippen molar-refractivity contribution in [3.8, 4) is 16.9 Å². The van der Waals surface area contributed by atoms with Crippen LogP contribution in [-0.4, -0.2) is 6.61 Å². The van der Waals surface area contributed by atoms with Crippen molar-refractivity contribution < 1.29 is 17.9 Å². The first-order valence-corrected chi connectivity index (χ1v) is 10.7. The minimum atomic E-state index is -0.813. The van der Waals surface area contributed by atoms with Crippen LogP contribution >= 0.6 is 0 Å². The van der Waals surface area contributed by atoms with Gasteiger partial charge in [-0.3, -0.25) is 0 Å². The van der Waals surface area contributed by atoms with E-state index in [0.29, 0.717) is 18.6 Å². The van der Waals surface area contributed by atoms with Crippen LogP contribution < -0.4 is 4.74 Å². The maximum atomic E-state index is 14.4. The molecule has 0 spiro atoms. The van der Waals surface area contributed by atoms with Gasteiger partial charge in [0.05, 0.1) is 6.61 Å². The van der Waals surface area contributed by atoms with Gasteiger partial charge in [0.25, 0.3) is 0 Å². The van der Waals surface area contributed by atoms with E-state index in [1.807, 2.05) is 31.2 Å². The summed E-state index contributed by atoms with van der Waals surface area (Å²) in [5.74, 6) is -1.74. The molecular weight excluding hydrogens is 397 g/mol. The first-order chi connectivity index (χ1) is 15.0. The van der Waals surface area contributed by atoms with Crippen LogP contribution in [0.2, 0.25) is 0 Å². The molecule has 1 nitrogen and oxygen atoms in total. The Balaban J connectivity index is 1.72. The minimum Gasteiger partial charge on any atom is -0.491 e. The van der Waals surface area contributed by atoms with Gasteiger partial charge in [-0.05, 0) is 54.2 Å². The second-order valence-electron chi connectivity index (χ2n) is 7.43. The molecule has 0 saturated heterocycles. The lowest BCUT2D eigenvalue weighted by Gasteiger charge is -2.08. The number of hydrogen-bond donors (Lipinski definition) is 0. The Kier molecular flexibility index (Phi) is 7.94. The second-order valence-corrected chi connectivity index (χ2v) is 7.43. The van der Waals surface area contributed by atoms with Gasteiger partial charge in [-0.1, -0.05) is 74.4 Å². The van der Waals surface area contributed by atoms with E-state index in [1.165, 1.54) is 6.07 Å². The van der Waals surface area contributed by atoms with Crippen LogP contribution in [0.3, 0.4) is 0 Å². The summed E-state index contributed by atoms with van der Waals surface area (Å²) < 4.78 is 48.1. The molecule has 0 aromatic heterocycles. The molecule has 4 heteroatoms. The number of aryl methyl sites for hydroxylation is 1. The summed E-state index contributed by atoms with van der Waals surface area (Å²) in [6.45, 7) is 4.29. The Morgan fingerprint density at radius 3 is 2.19 bits per heavy atom. The SMILES string of the molecule is CCCCCc1ccc(/C=C/c2ccc(-c3ccc(OCC)c(F)c3)cc2)c(F)c1F. The molecule has 0 radical (unpaired) electrons. The van der Waals surface area contributed by atoms with Crippen molar-refractivity contribution >= 4 is 12.2 Å². The minimum absolute atomic E-state index is 0.217. The molecule has 0 aliphatic heterocycles. The van der Waals surface area contributed by atoms with Crippen molar-refractivity contribution in [3.05, 3.63) is 88.7 Å². The van der Waals surface area contributed by atoms with Crippen molar-refractivity contribution in [3.63, 3.8) is 0 Å². The van der Waals surface area contributed by atoms with Crippen molar-refractivity contribution in [1.29, 1.82) is 0 Å². The summed E-state index contributed by atoms with van der Waals surface area (Å²) in [5, 5.41) is 0. The first-order valence-electron chi connectivity index (χ1n) is 10.7. The number of rotatable bonds is 9. The van der Waals surface area contributed by atoms with E-state index in [0.717, 1.165) is 36.0 Å². The molecule has 0 aliphatic rings. The van der Waals surface area contributed by atoms with Gasteiger partial charge in [0.2, 0.25) is 0 Å². The summed E-state index contributed by atoms with van der Waals surface area (Å²) in [6.07, 6.45) is 6.75. The first kappa shape index (κ1) is 22.7. The summed E-state index contributed by atoms with van der Waals surface area (Å²) >= 11 is 0. The predicted octanol–water partition coefficient (Wildman–Crippen LogP) is 8.07. The van der Waals surface area contributed by atoms with E-state index in [-0.39, 0.29) is 11.3 Å². The maximum absolute atomic E-state index is 14.4. The van der Waals surface area contributed by atoms with E-state index < -0.39 is 17.5 Å². The van der Waals surface area contributed by atoms with Crippen molar-refractivity contribution in [2.24, 2.45) is 0 Å². The zero-order valence-electron chi connectivity index (χ0n) is 17.9. The van der Waals surface area contributed by atoms with Gasteiger partial charge in [-0.25, -0.2) is 13.2 Å². The zero-order valence-corrected chi connectivity index (χ0v) is 17.9. The van der Waals surface area contributed by atoms with Gasteiger partial charge in [-0.15, -0.1) is 0 Å². The third-order valence-electron chi connectivity index (χ3n) is 5.17. The lowest BCUT2D eigenvalue weighted by atomic mass is 10.0. The molecule has 0 fully saturated rings. The van der Waals surface area contributed by atoms with E-state index >= 15 is 0 Å². The molecule has 3 aromatic carbocycles. The molecular formula is C27H27F3O. The fourth-order valence-electron chi connectivity index (χ4n) is 3.42. The summed E-state index contributed by atoms with van der Waals surface area (Å²) in [5.41, 5.74) is 3.07. The van der Waals surface area contributed by atoms with E-state index in [2.05, 4.69) is 6.92 Å². The number of unbranched alkanes of at least 4 members (excludes halogenated alkanes) is 2. The van der Waals surface area contributed by atoms with E-state index in [1.54, 1.807) is 36.4 Å². The van der Waals surface area contributed by atoms with Gasteiger partial charge in [0.15, 0.2) is 23.2 Å². The Morgan fingerprint density at radius 1 is 0.774 bits per heavy atom. The van der Waals surface area contributed by atoms with Gasteiger partial charge < -0.3 is 4.74 Å². The molecule has 0 bridgehead atoms. The Hall–Kier alpha value is -3.01. The fourth-order valence-corrected chi connectivity index (χ4v) is 3.42. The van der Waals surface area contributed by atoms with E-state index in [4.69, 9.17) is 4.74 Å². The number of ether oxygens (including phenoxy) is 1. The Morgan fingerprint density at radius 2 is 1.52 bits per heavy atom. The maximum Gasteiger partial charge on any atom is 0.166 e. The number of halogens is 3. The average Bonchev–Trinajstić information content (AvgIpc) is 2.78. The molecule has 0 amide bonds. The third-order valence-corrected chi connectivity index (χ3v) is 5.17. The van der Waals surface area contributed by atoms with Crippen LogP contribution in [0.15, 0.2) is 54.6 Å². The van der Waals surface area contributed by atoms with Crippen LogP contribution in [0.1, 0.15) is 49.8 Å². The number of benzene rings is 3. The molecule has 0 atom stereocenters. The second kappa shape index (κ2) is 10.9. The highest BCUT2D eigenvalue weighted by Crippen LogP contribution is 2.26. The molecule has 162 valence electrons. The van der Waals surface area contributed by atoms with Crippen molar-refractivity contribution in [1.82, 2.24) is 0 Å². The third kappa shape index (κ3) is 5.78. The van der Waals surface area contributed by atoms with Crippen LogP contribution in [0.4, 0.5) is 13.2 Å². The fraction of sp³-hybridized carbons (Fsp3) is 0.259. The summed E-state index contributed by atoms with van der Waals surface area (Å²) in [6, 6.07) is 15.6. The van der Waals surface area contributed by atoms with Crippen LogP contribution in [0.5, 0.6) is 5.75 Å². The Labute approximate surface area is 182 Å². The molecule has 31 heavy (non-hydrogen) atoms. The van der Waals surface area contributed by atoms with Crippen molar-refractivity contribution in [2.75, 3.05) is 6.61 Å². The van der Waals surface area contributed by atoms with Crippen LogP contribution in [-0.2, 0) is 6.42 Å². The molecule has 0 N–H and O–H groups in total. The molecule has 0 unspecified atom stereocenters. The van der Waals surface area contributed by atoms with Crippen LogP contribution in [0.25, 0.3) is 23.3 Å². The zero-order chi connectivity index (χ0) is 22.2. The lowest BCUT2D eigenvalue weighted by molar-refractivity contribution is 0.321. The van der Waals surface area contributed by atoms with Gasteiger partial charge in [0.1, 0.15) is 0 Å². The highest BCUT2D eigenvalue weighted by Gasteiger charge is 2.11. The summed E-state index contributed by atoms with van der Waals surface area (Å²) in [7, 11) is 0. The number of hydrogen-bond acceptors (Lipinski definition) is 1. The van der Waals surface area contributed by atoms with Gasteiger partial charge >= 0.3 is 0 Å². The molecule has 3 aromatic rings. The summed E-state index contributed by atoms with van der Waals surface area (Å²) in [4.78, 5) is 0. The van der Waals surface area contributed by atoms with Gasteiger partial charge in [0, 0.05) is 5.56 Å². The average molecular weight is 425 g/mol.